The summed E-state index contributed by atoms with van der Waals surface area (Å²) in [5, 5.41) is -0.210. The van der Waals surface area contributed by atoms with Crippen LogP contribution in [0, 0.1) is 0 Å². The van der Waals surface area contributed by atoms with Crippen molar-refractivity contribution in [2.45, 2.75) is 30.0 Å². The van der Waals surface area contributed by atoms with Crippen LogP contribution in [0.3, 0.4) is 0 Å². The molecule has 4 rings (SSSR count). The van der Waals surface area contributed by atoms with Gasteiger partial charge in [0, 0.05) is 11.4 Å². The molecule has 0 aromatic heterocycles. The second-order valence-corrected chi connectivity index (χ2v) is 10.5. The van der Waals surface area contributed by atoms with Gasteiger partial charge in [-0.1, -0.05) is 56.3 Å². The maximum atomic E-state index is 12.7. The number of rotatable bonds is 6. The smallest absolute Gasteiger partial charge is 0.261 e. The topological polar surface area (TPSA) is 66.5 Å². The lowest BCUT2D eigenvalue weighted by Gasteiger charge is -2.25. The molecule has 0 spiro atoms. The minimum absolute atomic E-state index is 0.0440. The Morgan fingerprint density at radius 2 is 1.68 bits per heavy atom. The molecule has 0 radical (unpaired) electrons. The molecule has 160 valence electrons. The third-order valence-electron chi connectivity index (χ3n) is 5.18. The molecule has 1 saturated heterocycles. The summed E-state index contributed by atoms with van der Waals surface area (Å²) in [5.74, 6) is 0.849. The average Bonchev–Trinajstić information content (AvgIpc) is 3.16. The van der Waals surface area contributed by atoms with E-state index >= 15 is 0 Å². The highest BCUT2D eigenvalue weighted by atomic mass is 32.2. The molecular weight excluding hydrogens is 428 g/mol. The third kappa shape index (κ3) is 4.62. The summed E-state index contributed by atoms with van der Waals surface area (Å²) in [7, 11) is -3.68. The van der Waals surface area contributed by atoms with Crippen LogP contribution >= 0.6 is 11.8 Å². The van der Waals surface area contributed by atoms with E-state index in [0.717, 1.165) is 11.3 Å². The van der Waals surface area contributed by atoms with Gasteiger partial charge in [-0.25, -0.2) is 8.42 Å². The first-order chi connectivity index (χ1) is 14.8. The number of nitrogens with zero attached hydrogens (tertiary/aromatic N) is 1. The zero-order chi connectivity index (χ0) is 22.0. The fraction of sp³-hybridized carbons (Fsp3) is 0.208. The van der Waals surface area contributed by atoms with Gasteiger partial charge in [0.2, 0.25) is 5.91 Å². The average molecular weight is 453 g/mol. The summed E-state index contributed by atoms with van der Waals surface area (Å²) in [5.41, 5.74) is 3.41. The van der Waals surface area contributed by atoms with E-state index in [1.807, 2.05) is 24.3 Å². The molecule has 1 unspecified atom stereocenters. The number of hydrogen-bond donors (Lipinski definition) is 1. The number of amides is 1. The van der Waals surface area contributed by atoms with Crippen molar-refractivity contribution in [1.82, 2.24) is 0 Å². The van der Waals surface area contributed by atoms with Crippen LogP contribution in [0.1, 0.15) is 36.3 Å². The standard InChI is InChI=1S/C24H24N2O3S2/c1-17(2)18-11-13-21(14-12-18)26-23(27)16-30-24(26)19-7-6-8-20(15-19)25-31(28,29)22-9-4-3-5-10-22/h3-15,17,24-25H,16H2,1-2H3. The number of anilines is 2. The lowest BCUT2D eigenvalue weighted by atomic mass is 10.0. The molecule has 31 heavy (non-hydrogen) atoms. The molecule has 1 N–H and O–H groups in total. The lowest BCUT2D eigenvalue weighted by Crippen LogP contribution is -2.27. The number of carbonyl (C=O) groups is 1. The molecule has 1 aliphatic heterocycles. The Bertz CT molecular complexity index is 1180. The van der Waals surface area contributed by atoms with Gasteiger partial charge in [-0.2, -0.15) is 0 Å². The van der Waals surface area contributed by atoms with Crippen LogP contribution in [0.2, 0.25) is 0 Å². The monoisotopic (exact) mass is 452 g/mol. The van der Waals surface area contributed by atoms with Crippen molar-refractivity contribution in [2.24, 2.45) is 0 Å². The van der Waals surface area contributed by atoms with E-state index in [9.17, 15) is 13.2 Å². The Hall–Kier alpha value is -2.77. The second kappa shape index (κ2) is 8.77. The van der Waals surface area contributed by atoms with E-state index in [1.54, 1.807) is 47.4 Å². The normalized spacial score (nSPS) is 16.7. The van der Waals surface area contributed by atoms with Crippen molar-refractivity contribution >= 4 is 39.1 Å². The highest BCUT2D eigenvalue weighted by Gasteiger charge is 2.34. The van der Waals surface area contributed by atoms with Crippen molar-refractivity contribution in [3.63, 3.8) is 0 Å². The number of carbonyl (C=O) groups excluding carboxylic acids is 1. The zero-order valence-corrected chi connectivity index (χ0v) is 19.0. The molecule has 1 atom stereocenters. The third-order valence-corrected chi connectivity index (χ3v) is 7.79. The SMILES string of the molecule is CC(C)c1ccc(N2C(=O)CSC2c2cccc(NS(=O)(=O)c3ccccc3)c2)cc1. The molecule has 7 heteroatoms. The van der Waals surface area contributed by atoms with E-state index < -0.39 is 10.0 Å². The minimum atomic E-state index is -3.68. The van der Waals surface area contributed by atoms with Gasteiger partial charge in [0.25, 0.3) is 10.0 Å². The maximum Gasteiger partial charge on any atom is 0.261 e. The molecule has 1 fully saturated rings. The summed E-state index contributed by atoms with van der Waals surface area (Å²) in [6.45, 7) is 4.27. The van der Waals surface area contributed by atoms with Crippen LogP contribution in [-0.4, -0.2) is 20.1 Å². The van der Waals surface area contributed by atoms with Gasteiger partial charge in [-0.15, -0.1) is 11.8 Å². The lowest BCUT2D eigenvalue weighted by molar-refractivity contribution is -0.115. The molecule has 3 aromatic carbocycles. The minimum Gasteiger partial charge on any atom is -0.295 e. The summed E-state index contributed by atoms with van der Waals surface area (Å²) in [6, 6.07) is 23.6. The largest absolute Gasteiger partial charge is 0.295 e. The number of nitrogens with one attached hydrogen (secondary N) is 1. The van der Waals surface area contributed by atoms with E-state index in [0.29, 0.717) is 17.4 Å². The Morgan fingerprint density at radius 3 is 2.35 bits per heavy atom. The van der Waals surface area contributed by atoms with Gasteiger partial charge in [-0.3, -0.25) is 14.4 Å². The van der Waals surface area contributed by atoms with E-state index in [-0.39, 0.29) is 16.2 Å². The zero-order valence-electron chi connectivity index (χ0n) is 17.4. The van der Waals surface area contributed by atoms with Crippen LogP contribution in [0.25, 0.3) is 0 Å². The summed E-state index contributed by atoms with van der Waals surface area (Å²) < 4.78 is 28.0. The van der Waals surface area contributed by atoms with E-state index in [4.69, 9.17) is 0 Å². The number of benzene rings is 3. The van der Waals surface area contributed by atoms with Gasteiger partial charge >= 0.3 is 0 Å². The Morgan fingerprint density at radius 1 is 0.968 bits per heavy atom. The van der Waals surface area contributed by atoms with Crippen molar-refractivity contribution < 1.29 is 13.2 Å². The predicted octanol–water partition coefficient (Wildman–Crippen LogP) is 5.39. The summed E-state index contributed by atoms with van der Waals surface area (Å²) in [4.78, 5) is 14.7. The Balaban J connectivity index is 1.61. The predicted molar refractivity (Wildman–Crippen MR) is 127 cm³/mol. The van der Waals surface area contributed by atoms with Gasteiger partial charge < -0.3 is 0 Å². The fourth-order valence-corrected chi connectivity index (χ4v) is 5.78. The van der Waals surface area contributed by atoms with Gasteiger partial charge in [0.1, 0.15) is 5.37 Å². The molecule has 0 saturated carbocycles. The second-order valence-electron chi connectivity index (χ2n) is 7.72. The quantitative estimate of drug-likeness (QED) is 0.545. The molecule has 5 nitrogen and oxygen atoms in total. The Kier molecular flexibility index (Phi) is 6.07. The fourth-order valence-electron chi connectivity index (χ4n) is 3.54. The molecule has 1 amide bonds. The van der Waals surface area contributed by atoms with E-state index in [2.05, 4.69) is 30.7 Å². The molecule has 1 aliphatic rings. The molecule has 3 aromatic rings. The van der Waals surface area contributed by atoms with Crippen LogP contribution < -0.4 is 9.62 Å². The van der Waals surface area contributed by atoms with Crippen molar-refractivity contribution in [1.29, 1.82) is 0 Å². The van der Waals surface area contributed by atoms with Crippen LogP contribution in [0.15, 0.2) is 83.8 Å². The highest BCUT2D eigenvalue weighted by Crippen LogP contribution is 2.42. The van der Waals surface area contributed by atoms with Crippen LogP contribution in [0.5, 0.6) is 0 Å². The Labute approximate surface area is 187 Å². The van der Waals surface area contributed by atoms with E-state index in [1.165, 1.54) is 17.3 Å². The van der Waals surface area contributed by atoms with Gasteiger partial charge in [0.15, 0.2) is 0 Å². The molecular formula is C24H24N2O3S2. The first-order valence-electron chi connectivity index (χ1n) is 10.1. The van der Waals surface area contributed by atoms with Gasteiger partial charge in [0.05, 0.1) is 10.6 Å². The van der Waals surface area contributed by atoms with Crippen LogP contribution in [-0.2, 0) is 14.8 Å². The molecule has 0 aliphatic carbocycles. The first-order valence-corrected chi connectivity index (χ1v) is 12.6. The number of sulfonamides is 1. The van der Waals surface area contributed by atoms with Gasteiger partial charge in [-0.05, 0) is 53.4 Å². The highest BCUT2D eigenvalue weighted by molar-refractivity contribution is 8.00. The van der Waals surface area contributed by atoms with Crippen LogP contribution in [0.4, 0.5) is 11.4 Å². The summed E-state index contributed by atoms with van der Waals surface area (Å²) >= 11 is 1.54. The maximum absolute atomic E-state index is 12.7. The number of hydrogen-bond acceptors (Lipinski definition) is 4. The molecule has 0 bridgehead atoms. The first kappa shape index (κ1) is 21.5. The van der Waals surface area contributed by atoms with Crippen molar-refractivity contribution in [3.05, 3.63) is 90.0 Å². The van der Waals surface area contributed by atoms with Crippen molar-refractivity contribution in [2.75, 3.05) is 15.4 Å². The summed E-state index contributed by atoms with van der Waals surface area (Å²) in [6.07, 6.45) is 0. The number of thioether (sulfide) groups is 1. The van der Waals surface area contributed by atoms with Crippen molar-refractivity contribution in [3.8, 4) is 0 Å². The molecule has 1 heterocycles.